The zero-order valence-electron chi connectivity index (χ0n) is 8.20. The number of hydrogen-bond acceptors (Lipinski definition) is 4. The molecule has 3 nitrogen and oxygen atoms in total. The van der Waals surface area contributed by atoms with Crippen LogP contribution in [0.1, 0.15) is 5.01 Å². The van der Waals surface area contributed by atoms with E-state index in [9.17, 15) is 0 Å². The van der Waals surface area contributed by atoms with Crippen LogP contribution in [-0.4, -0.2) is 10.2 Å². The summed E-state index contributed by atoms with van der Waals surface area (Å²) < 4.78 is 0. The van der Waals surface area contributed by atoms with Crippen molar-refractivity contribution >= 4 is 48.6 Å². The van der Waals surface area contributed by atoms with Crippen molar-refractivity contribution in [3.63, 3.8) is 0 Å². The summed E-state index contributed by atoms with van der Waals surface area (Å²) in [5.41, 5.74) is 6.55. The highest BCUT2D eigenvalue weighted by atomic mass is 35.5. The topological polar surface area (TPSA) is 51.8 Å². The standard InChI is InChI=1S/C9H9N3S.3ClH/c10-6-8-11-12-9(13-8)7-4-2-1-3-5-7;;;/h1-5H,6,10H2;3*1H. The first kappa shape index (κ1) is 18.0. The lowest BCUT2D eigenvalue weighted by atomic mass is 10.2. The highest BCUT2D eigenvalue weighted by Gasteiger charge is 2.03. The van der Waals surface area contributed by atoms with Gasteiger partial charge in [-0.2, -0.15) is 0 Å². The van der Waals surface area contributed by atoms with Crippen LogP contribution in [0.25, 0.3) is 10.6 Å². The second kappa shape index (κ2) is 8.73. The first-order valence-corrected chi connectivity index (χ1v) is 4.79. The predicted octanol–water partition coefficient (Wildman–Crippen LogP) is 2.93. The molecule has 0 spiro atoms. The number of hydrogen-bond donors (Lipinski definition) is 1. The molecule has 1 heterocycles. The van der Waals surface area contributed by atoms with Crippen molar-refractivity contribution in [2.45, 2.75) is 6.54 Å². The second-order valence-corrected chi connectivity index (χ2v) is 3.63. The van der Waals surface area contributed by atoms with Crippen molar-refractivity contribution < 1.29 is 0 Å². The van der Waals surface area contributed by atoms with Crippen molar-refractivity contribution in [1.29, 1.82) is 0 Å². The molecule has 0 fully saturated rings. The third kappa shape index (κ3) is 4.23. The lowest BCUT2D eigenvalue weighted by Gasteiger charge is -1.91. The Morgan fingerprint density at radius 2 is 1.62 bits per heavy atom. The molecule has 2 rings (SSSR count). The van der Waals surface area contributed by atoms with E-state index < -0.39 is 0 Å². The summed E-state index contributed by atoms with van der Waals surface area (Å²) in [5.74, 6) is 0. The largest absolute Gasteiger partial charge is 0.324 e. The number of benzene rings is 1. The van der Waals surface area contributed by atoms with E-state index in [1.165, 1.54) is 11.3 Å². The van der Waals surface area contributed by atoms with Gasteiger partial charge < -0.3 is 5.73 Å². The number of rotatable bonds is 2. The van der Waals surface area contributed by atoms with Crippen molar-refractivity contribution in [1.82, 2.24) is 10.2 Å². The molecule has 0 aliphatic heterocycles. The van der Waals surface area contributed by atoms with Crippen LogP contribution in [0.4, 0.5) is 0 Å². The van der Waals surface area contributed by atoms with Crippen LogP contribution in [0, 0.1) is 0 Å². The molecule has 0 radical (unpaired) electrons. The maximum atomic E-state index is 5.45. The fourth-order valence-electron chi connectivity index (χ4n) is 1.03. The van der Waals surface area contributed by atoms with Crippen molar-refractivity contribution in [3.8, 4) is 10.6 Å². The van der Waals surface area contributed by atoms with E-state index in [1.807, 2.05) is 30.3 Å². The molecule has 16 heavy (non-hydrogen) atoms. The van der Waals surface area contributed by atoms with Crippen molar-refractivity contribution in [2.75, 3.05) is 0 Å². The second-order valence-electron chi connectivity index (χ2n) is 2.57. The van der Waals surface area contributed by atoms with Gasteiger partial charge in [-0.1, -0.05) is 41.7 Å². The summed E-state index contributed by atoms with van der Waals surface area (Å²) in [6, 6.07) is 9.98. The minimum absolute atomic E-state index is 0. The number of nitrogens with two attached hydrogens (primary N) is 1. The fourth-order valence-corrected chi connectivity index (χ4v) is 1.76. The highest BCUT2D eigenvalue weighted by molar-refractivity contribution is 7.14. The van der Waals surface area contributed by atoms with Crippen LogP contribution >= 0.6 is 48.6 Å². The van der Waals surface area contributed by atoms with Crippen LogP contribution in [0.15, 0.2) is 30.3 Å². The molecule has 1 aromatic heterocycles. The zero-order valence-corrected chi connectivity index (χ0v) is 11.5. The summed E-state index contributed by atoms with van der Waals surface area (Å²) >= 11 is 1.54. The van der Waals surface area contributed by atoms with Gasteiger partial charge in [-0.05, 0) is 0 Å². The van der Waals surface area contributed by atoms with E-state index in [1.54, 1.807) is 0 Å². The lowest BCUT2D eigenvalue weighted by Crippen LogP contribution is -1.94. The fraction of sp³-hybridized carbons (Fsp3) is 0.111. The van der Waals surface area contributed by atoms with Crippen LogP contribution in [-0.2, 0) is 6.54 Å². The van der Waals surface area contributed by atoms with Crippen LogP contribution < -0.4 is 5.73 Å². The van der Waals surface area contributed by atoms with Crippen LogP contribution in [0.3, 0.4) is 0 Å². The summed E-state index contributed by atoms with van der Waals surface area (Å²) in [6.07, 6.45) is 0. The quantitative estimate of drug-likeness (QED) is 0.928. The molecule has 2 N–H and O–H groups in total. The van der Waals surface area contributed by atoms with Gasteiger partial charge in [0.05, 0.1) is 0 Å². The molecule has 0 atom stereocenters. The predicted molar refractivity (Wildman–Crippen MR) is 75.0 cm³/mol. The molecular formula is C9H12Cl3N3S. The Labute approximate surface area is 117 Å². The summed E-state index contributed by atoms with van der Waals surface area (Å²) in [4.78, 5) is 0. The Balaban J connectivity index is 0. The summed E-state index contributed by atoms with van der Waals surface area (Å²) in [7, 11) is 0. The highest BCUT2D eigenvalue weighted by Crippen LogP contribution is 2.22. The lowest BCUT2D eigenvalue weighted by molar-refractivity contribution is 0.960. The number of halogens is 3. The van der Waals surface area contributed by atoms with E-state index >= 15 is 0 Å². The molecule has 90 valence electrons. The normalized spacial score (nSPS) is 8.31. The number of nitrogens with zero attached hydrogens (tertiary/aromatic N) is 2. The molecule has 7 heteroatoms. The van der Waals surface area contributed by atoms with Gasteiger partial charge in [0.2, 0.25) is 0 Å². The smallest absolute Gasteiger partial charge is 0.147 e. The Bertz CT molecular complexity index is 394. The minimum Gasteiger partial charge on any atom is -0.324 e. The minimum atomic E-state index is 0. The average molecular weight is 301 g/mol. The van der Waals surface area contributed by atoms with Gasteiger partial charge in [0.1, 0.15) is 10.0 Å². The van der Waals surface area contributed by atoms with Gasteiger partial charge in [-0.15, -0.1) is 47.4 Å². The maximum absolute atomic E-state index is 5.45. The molecule has 0 bridgehead atoms. The van der Waals surface area contributed by atoms with Crippen LogP contribution in [0.5, 0.6) is 0 Å². The third-order valence-corrected chi connectivity index (χ3v) is 2.66. The zero-order chi connectivity index (χ0) is 9.10. The third-order valence-electron chi connectivity index (χ3n) is 1.66. The van der Waals surface area contributed by atoms with E-state index in [0.29, 0.717) is 6.54 Å². The van der Waals surface area contributed by atoms with E-state index in [4.69, 9.17) is 5.73 Å². The van der Waals surface area contributed by atoms with Gasteiger partial charge in [0, 0.05) is 12.1 Å². The van der Waals surface area contributed by atoms with Gasteiger partial charge in [0.25, 0.3) is 0 Å². The molecule has 2 aromatic rings. The summed E-state index contributed by atoms with van der Waals surface area (Å²) in [5, 5.41) is 9.81. The molecule has 0 unspecified atom stereocenters. The van der Waals surface area contributed by atoms with E-state index in [0.717, 1.165) is 15.6 Å². The SMILES string of the molecule is Cl.Cl.Cl.NCc1nnc(-c2ccccc2)s1. The maximum Gasteiger partial charge on any atom is 0.147 e. The van der Waals surface area contributed by atoms with E-state index in [-0.39, 0.29) is 37.2 Å². The molecule has 0 amide bonds. The first-order chi connectivity index (χ1) is 6.40. The Morgan fingerprint density at radius 3 is 2.12 bits per heavy atom. The molecule has 0 aliphatic rings. The monoisotopic (exact) mass is 299 g/mol. The molecule has 0 aliphatic carbocycles. The molecule has 0 saturated carbocycles. The van der Waals surface area contributed by atoms with Crippen LogP contribution in [0.2, 0.25) is 0 Å². The molecular weight excluding hydrogens is 289 g/mol. The number of aromatic nitrogens is 2. The average Bonchev–Trinajstić information content (AvgIpc) is 2.67. The molecule has 1 aromatic carbocycles. The summed E-state index contributed by atoms with van der Waals surface area (Å²) in [6.45, 7) is 0.463. The first-order valence-electron chi connectivity index (χ1n) is 3.98. The van der Waals surface area contributed by atoms with Crippen molar-refractivity contribution in [2.24, 2.45) is 5.73 Å². The Hall–Kier alpha value is -0.390. The van der Waals surface area contributed by atoms with E-state index in [2.05, 4.69) is 10.2 Å². The van der Waals surface area contributed by atoms with Gasteiger partial charge in [0.15, 0.2) is 0 Å². The van der Waals surface area contributed by atoms with Gasteiger partial charge in [-0.3, -0.25) is 0 Å². The Kier molecular flexibility index (Phi) is 9.81. The van der Waals surface area contributed by atoms with Gasteiger partial charge in [-0.25, -0.2) is 0 Å². The van der Waals surface area contributed by atoms with Gasteiger partial charge >= 0.3 is 0 Å². The van der Waals surface area contributed by atoms with Crippen molar-refractivity contribution in [3.05, 3.63) is 35.3 Å². The Morgan fingerprint density at radius 1 is 1.00 bits per heavy atom. The molecule has 0 saturated heterocycles.